The molecule has 0 atom stereocenters. The van der Waals surface area contributed by atoms with E-state index < -0.39 is 14.8 Å². The van der Waals surface area contributed by atoms with Crippen molar-refractivity contribution < 1.29 is 14.8 Å². The highest BCUT2D eigenvalue weighted by molar-refractivity contribution is 5.80. The second-order valence-electron chi connectivity index (χ2n) is 9.06. The zero-order chi connectivity index (χ0) is 28.5. The van der Waals surface area contributed by atoms with Crippen molar-refractivity contribution >= 4 is 29.5 Å². The Balaban J connectivity index is 1.39. The van der Waals surface area contributed by atoms with Crippen LogP contribution in [0.4, 0.5) is 17.1 Å². The number of benzene rings is 3. The number of non-ortho nitro benzene ring substituents is 3. The van der Waals surface area contributed by atoms with E-state index in [9.17, 15) is 30.3 Å². The van der Waals surface area contributed by atoms with Gasteiger partial charge in [-0.25, -0.2) is 0 Å². The average molecular weight is 546 g/mol. The Morgan fingerprint density at radius 1 is 0.625 bits per heavy atom. The molecule has 1 fully saturated rings. The number of hydrogen-bond acceptors (Lipinski definition) is 10. The number of nitrogens with zero attached hydrogens (tertiary/aromatic N) is 7. The summed E-state index contributed by atoms with van der Waals surface area (Å²) in [6.07, 6.45) is 3.27. The Kier molecular flexibility index (Phi) is 9.33. The van der Waals surface area contributed by atoms with Crippen LogP contribution in [0.15, 0.2) is 82.8 Å². The fourth-order valence-electron chi connectivity index (χ4n) is 4.47. The molecule has 1 aliphatic heterocycles. The van der Waals surface area contributed by atoms with Crippen LogP contribution in [0.2, 0.25) is 0 Å². The highest BCUT2D eigenvalue weighted by Gasteiger charge is 2.32. The minimum absolute atomic E-state index is 0.0253. The van der Waals surface area contributed by atoms with Gasteiger partial charge in [-0.15, -0.1) is 0 Å². The Morgan fingerprint density at radius 3 is 1.32 bits per heavy atom. The van der Waals surface area contributed by atoms with Gasteiger partial charge in [-0.05, 0) is 53.1 Å². The van der Waals surface area contributed by atoms with Crippen molar-refractivity contribution in [3.05, 3.63) is 120 Å². The van der Waals surface area contributed by atoms with Gasteiger partial charge in [0.15, 0.2) is 0 Å². The Hall–Kier alpha value is -4.88. The molecule has 206 valence electrons. The lowest BCUT2D eigenvalue weighted by molar-refractivity contribution is -0.385. The third-order valence-corrected chi connectivity index (χ3v) is 6.49. The molecule has 1 saturated heterocycles. The molecule has 0 aromatic heterocycles. The van der Waals surface area contributed by atoms with Crippen molar-refractivity contribution in [2.75, 3.05) is 39.3 Å². The van der Waals surface area contributed by atoms with Gasteiger partial charge in [-0.1, -0.05) is 0 Å². The smallest absolute Gasteiger partial charge is 0.269 e. The summed E-state index contributed by atoms with van der Waals surface area (Å²) in [6, 6.07) is 18.9. The summed E-state index contributed by atoms with van der Waals surface area (Å²) < 4.78 is 0. The fraction of sp³-hybridized carbons (Fsp3) is 0.259. The number of nitro groups is 3. The standard InChI is InChI=1S/C27H27N7O6/c35-32(36)24-7-1-21(2-8-24)19-28-13-15-30-17-18-31(27(30)23-5-11-26(12-6-23)34(39)40)16-14-29-20-22-3-9-25(10-4-22)33(37)38/h1-12,19-20,27H,13-18H2. The second-order valence-corrected chi connectivity index (χ2v) is 9.06. The highest BCUT2D eigenvalue weighted by atomic mass is 16.6. The monoisotopic (exact) mass is 545 g/mol. The lowest BCUT2D eigenvalue weighted by atomic mass is 10.1. The summed E-state index contributed by atoms with van der Waals surface area (Å²) >= 11 is 0. The van der Waals surface area contributed by atoms with Crippen molar-refractivity contribution in [1.82, 2.24) is 9.80 Å². The molecule has 4 rings (SSSR count). The van der Waals surface area contributed by atoms with E-state index in [4.69, 9.17) is 0 Å². The van der Waals surface area contributed by atoms with Crippen LogP contribution in [0.25, 0.3) is 0 Å². The van der Waals surface area contributed by atoms with Gasteiger partial charge >= 0.3 is 0 Å². The molecule has 1 aliphatic rings. The summed E-state index contributed by atoms with van der Waals surface area (Å²) in [5.74, 6) is 0. The third-order valence-electron chi connectivity index (χ3n) is 6.49. The van der Waals surface area contributed by atoms with Crippen LogP contribution in [0.5, 0.6) is 0 Å². The first kappa shape index (κ1) is 28.1. The molecule has 0 spiro atoms. The maximum absolute atomic E-state index is 11.1. The predicted molar refractivity (Wildman–Crippen MR) is 150 cm³/mol. The van der Waals surface area contributed by atoms with E-state index in [1.165, 1.54) is 36.4 Å². The number of rotatable bonds is 12. The first-order valence-corrected chi connectivity index (χ1v) is 12.5. The van der Waals surface area contributed by atoms with Crippen molar-refractivity contribution in [2.45, 2.75) is 6.17 Å². The lowest BCUT2D eigenvalue weighted by Crippen LogP contribution is -2.33. The molecular formula is C27H27N7O6. The van der Waals surface area contributed by atoms with E-state index in [0.717, 1.165) is 29.8 Å². The van der Waals surface area contributed by atoms with Crippen LogP contribution < -0.4 is 0 Å². The van der Waals surface area contributed by atoms with Gasteiger partial charge in [0.05, 0.1) is 34.0 Å². The SMILES string of the molecule is O=[N+]([O-])c1ccc(C=NCCN2CCN(CCN=Cc3ccc([N+](=O)[O-])cc3)C2c2ccc([N+](=O)[O-])cc2)cc1. The Labute approximate surface area is 229 Å². The van der Waals surface area contributed by atoms with Crippen LogP contribution in [0.1, 0.15) is 22.9 Å². The van der Waals surface area contributed by atoms with Crippen LogP contribution in [0, 0.1) is 30.3 Å². The molecule has 0 radical (unpaired) electrons. The average Bonchev–Trinajstić information content (AvgIpc) is 3.36. The Bertz CT molecular complexity index is 1310. The maximum Gasteiger partial charge on any atom is 0.269 e. The van der Waals surface area contributed by atoms with Gasteiger partial charge in [0.1, 0.15) is 0 Å². The molecule has 1 heterocycles. The molecule has 0 bridgehead atoms. The fourth-order valence-corrected chi connectivity index (χ4v) is 4.47. The number of nitro benzene ring substituents is 3. The lowest BCUT2D eigenvalue weighted by Gasteiger charge is -2.30. The van der Waals surface area contributed by atoms with Crippen LogP contribution in [-0.4, -0.2) is 76.3 Å². The zero-order valence-corrected chi connectivity index (χ0v) is 21.5. The summed E-state index contributed by atoms with van der Waals surface area (Å²) in [5, 5.41) is 32.8. The predicted octanol–water partition coefficient (Wildman–Crippen LogP) is 4.27. The highest BCUT2D eigenvalue weighted by Crippen LogP contribution is 2.30. The van der Waals surface area contributed by atoms with Crippen LogP contribution in [0.3, 0.4) is 0 Å². The summed E-state index contributed by atoms with van der Waals surface area (Å²) in [6.45, 7) is 3.86. The maximum atomic E-state index is 11.1. The van der Waals surface area contributed by atoms with E-state index in [1.54, 1.807) is 48.8 Å². The van der Waals surface area contributed by atoms with Gasteiger partial charge < -0.3 is 0 Å². The number of hydrogen-bond donors (Lipinski definition) is 0. The summed E-state index contributed by atoms with van der Waals surface area (Å²) in [7, 11) is 0. The molecular weight excluding hydrogens is 518 g/mol. The van der Waals surface area contributed by atoms with Gasteiger partial charge in [-0.3, -0.25) is 50.1 Å². The largest absolute Gasteiger partial charge is 0.291 e. The molecule has 3 aromatic carbocycles. The molecule has 13 nitrogen and oxygen atoms in total. The summed E-state index contributed by atoms with van der Waals surface area (Å²) in [4.78, 5) is 45.0. The quantitative estimate of drug-likeness (QED) is 0.185. The minimum Gasteiger partial charge on any atom is -0.291 e. The molecule has 0 aliphatic carbocycles. The Morgan fingerprint density at radius 2 is 0.975 bits per heavy atom. The van der Waals surface area contributed by atoms with Crippen LogP contribution >= 0.6 is 0 Å². The summed E-state index contributed by atoms with van der Waals surface area (Å²) in [5.41, 5.74) is 2.55. The van der Waals surface area contributed by atoms with E-state index in [2.05, 4.69) is 19.8 Å². The molecule has 0 unspecified atom stereocenters. The van der Waals surface area contributed by atoms with Gasteiger partial charge in [0.2, 0.25) is 0 Å². The van der Waals surface area contributed by atoms with E-state index >= 15 is 0 Å². The van der Waals surface area contributed by atoms with Crippen molar-refractivity contribution in [2.24, 2.45) is 9.98 Å². The van der Waals surface area contributed by atoms with Crippen molar-refractivity contribution in [3.63, 3.8) is 0 Å². The first-order chi connectivity index (χ1) is 19.3. The van der Waals surface area contributed by atoms with Gasteiger partial charge in [-0.2, -0.15) is 0 Å². The minimum atomic E-state index is -0.445. The molecule has 0 saturated carbocycles. The van der Waals surface area contributed by atoms with Crippen LogP contribution in [-0.2, 0) is 0 Å². The van der Waals surface area contributed by atoms with E-state index in [1.807, 2.05) is 0 Å². The second kappa shape index (κ2) is 13.3. The molecule has 0 amide bonds. The molecule has 0 N–H and O–H groups in total. The van der Waals surface area contributed by atoms with Crippen molar-refractivity contribution in [1.29, 1.82) is 0 Å². The molecule has 40 heavy (non-hydrogen) atoms. The van der Waals surface area contributed by atoms with E-state index in [-0.39, 0.29) is 23.2 Å². The first-order valence-electron chi connectivity index (χ1n) is 12.5. The molecule has 13 heteroatoms. The van der Waals surface area contributed by atoms with Crippen molar-refractivity contribution in [3.8, 4) is 0 Å². The topological polar surface area (TPSA) is 161 Å². The van der Waals surface area contributed by atoms with Gasteiger partial charge in [0.25, 0.3) is 17.1 Å². The van der Waals surface area contributed by atoms with E-state index in [0.29, 0.717) is 26.2 Å². The van der Waals surface area contributed by atoms with Gasteiger partial charge in [0, 0.05) is 75.0 Å². The normalized spacial score (nSPS) is 16.1. The third kappa shape index (κ3) is 7.36. The number of aliphatic imine (C=N–C) groups is 2. The zero-order valence-electron chi connectivity index (χ0n) is 21.5. The molecule has 3 aromatic rings.